The maximum absolute atomic E-state index is 12.3. The van der Waals surface area contributed by atoms with Gasteiger partial charge in [-0.1, -0.05) is 47.5 Å². The van der Waals surface area contributed by atoms with Crippen LogP contribution in [0, 0.1) is 0 Å². The summed E-state index contributed by atoms with van der Waals surface area (Å²) in [7, 11) is 0. The van der Waals surface area contributed by atoms with Gasteiger partial charge in [0.25, 0.3) is 5.91 Å². The fourth-order valence-electron chi connectivity index (χ4n) is 1.99. The molecule has 1 amide bonds. The standard InChI is InChI=1S/C16H15Br2NO/c1-2-5-11-6-3-4-7-15(11)19-16(20)13-9-8-12(17)10-14(13)18/h3-4,6-10H,2,5H2,1H3,(H,19,20). The highest BCUT2D eigenvalue weighted by Crippen LogP contribution is 2.24. The van der Waals surface area contributed by atoms with Crippen molar-refractivity contribution in [3.63, 3.8) is 0 Å². The summed E-state index contributed by atoms with van der Waals surface area (Å²) in [5.41, 5.74) is 2.67. The van der Waals surface area contributed by atoms with E-state index in [1.54, 1.807) is 6.07 Å². The van der Waals surface area contributed by atoms with Crippen LogP contribution in [0.25, 0.3) is 0 Å². The van der Waals surface area contributed by atoms with Crippen LogP contribution in [0.3, 0.4) is 0 Å². The average molecular weight is 397 g/mol. The monoisotopic (exact) mass is 395 g/mol. The molecule has 104 valence electrons. The summed E-state index contributed by atoms with van der Waals surface area (Å²) in [5.74, 6) is -0.104. The van der Waals surface area contributed by atoms with Crippen molar-refractivity contribution in [1.29, 1.82) is 0 Å². The summed E-state index contributed by atoms with van der Waals surface area (Å²) in [6.07, 6.45) is 2.01. The van der Waals surface area contributed by atoms with E-state index in [-0.39, 0.29) is 5.91 Å². The van der Waals surface area contributed by atoms with Gasteiger partial charge in [-0.25, -0.2) is 0 Å². The van der Waals surface area contributed by atoms with Crippen molar-refractivity contribution in [2.45, 2.75) is 19.8 Å². The number of rotatable bonds is 4. The maximum Gasteiger partial charge on any atom is 0.256 e. The van der Waals surface area contributed by atoms with Gasteiger partial charge in [-0.3, -0.25) is 4.79 Å². The number of hydrogen-bond acceptors (Lipinski definition) is 1. The highest BCUT2D eigenvalue weighted by Gasteiger charge is 2.12. The molecule has 0 atom stereocenters. The molecule has 2 rings (SSSR count). The van der Waals surface area contributed by atoms with Crippen molar-refractivity contribution in [3.8, 4) is 0 Å². The number of para-hydroxylation sites is 1. The van der Waals surface area contributed by atoms with Crippen molar-refractivity contribution in [3.05, 3.63) is 62.5 Å². The molecule has 0 aliphatic carbocycles. The van der Waals surface area contributed by atoms with Gasteiger partial charge in [0, 0.05) is 14.6 Å². The van der Waals surface area contributed by atoms with Crippen LogP contribution in [0.4, 0.5) is 5.69 Å². The Morgan fingerprint density at radius 3 is 2.60 bits per heavy atom. The first-order valence-electron chi connectivity index (χ1n) is 6.46. The number of hydrogen-bond donors (Lipinski definition) is 1. The van der Waals surface area contributed by atoms with Crippen LogP contribution in [-0.2, 0) is 6.42 Å². The second-order valence-electron chi connectivity index (χ2n) is 4.49. The van der Waals surface area contributed by atoms with Crippen LogP contribution < -0.4 is 5.32 Å². The van der Waals surface area contributed by atoms with Crippen LogP contribution >= 0.6 is 31.9 Å². The van der Waals surface area contributed by atoms with Gasteiger partial charge < -0.3 is 5.32 Å². The number of halogens is 2. The second kappa shape index (κ2) is 7.04. The first-order chi connectivity index (χ1) is 9.61. The molecular formula is C16H15Br2NO. The molecule has 0 spiro atoms. The minimum atomic E-state index is -0.104. The molecule has 1 N–H and O–H groups in total. The zero-order chi connectivity index (χ0) is 14.5. The molecule has 2 aromatic carbocycles. The normalized spacial score (nSPS) is 10.3. The van der Waals surface area contributed by atoms with Crippen LogP contribution in [-0.4, -0.2) is 5.91 Å². The van der Waals surface area contributed by atoms with Crippen molar-refractivity contribution >= 4 is 43.5 Å². The van der Waals surface area contributed by atoms with E-state index < -0.39 is 0 Å². The highest BCUT2D eigenvalue weighted by atomic mass is 79.9. The van der Waals surface area contributed by atoms with Crippen molar-refractivity contribution in [2.24, 2.45) is 0 Å². The minimum absolute atomic E-state index is 0.104. The van der Waals surface area contributed by atoms with Gasteiger partial charge in [-0.15, -0.1) is 0 Å². The Bertz CT molecular complexity index is 626. The fraction of sp³-hybridized carbons (Fsp3) is 0.188. The number of anilines is 1. The molecule has 0 radical (unpaired) electrons. The lowest BCUT2D eigenvalue weighted by atomic mass is 10.1. The lowest BCUT2D eigenvalue weighted by Gasteiger charge is -2.11. The number of nitrogens with one attached hydrogen (secondary N) is 1. The molecule has 0 unspecified atom stereocenters. The van der Waals surface area contributed by atoms with Gasteiger partial charge in [0.1, 0.15) is 0 Å². The van der Waals surface area contributed by atoms with E-state index in [0.29, 0.717) is 5.56 Å². The molecule has 0 bridgehead atoms. The largest absolute Gasteiger partial charge is 0.322 e. The van der Waals surface area contributed by atoms with E-state index in [4.69, 9.17) is 0 Å². The van der Waals surface area contributed by atoms with E-state index in [1.165, 1.54) is 0 Å². The second-order valence-corrected chi connectivity index (χ2v) is 6.26. The maximum atomic E-state index is 12.3. The Morgan fingerprint density at radius 1 is 1.15 bits per heavy atom. The third kappa shape index (κ3) is 3.70. The van der Waals surface area contributed by atoms with E-state index in [2.05, 4.69) is 50.2 Å². The lowest BCUT2D eigenvalue weighted by Crippen LogP contribution is -2.13. The van der Waals surface area contributed by atoms with Crippen LogP contribution in [0.1, 0.15) is 29.3 Å². The average Bonchev–Trinajstić information content (AvgIpc) is 2.41. The minimum Gasteiger partial charge on any atom is -0.322 e. The van der Waals surface area contributed by atoms with Crippen LogP contribution in [0.15, 0.2) is 51.4 Å². The molecular weight excluding hydrogens is 382 g/mol. The van der Waals surface area contributed by atoms with E-state index >= 15 is 0 Å². The summed E-state index contributed by atoms with van der Waals surface area (Å²) in [6, 6.07) is 13.4. The molecule has 0 fully saturated rings. The number of carbonyl (C=O) groups is 1. The molecule has 0 aromatic heterocycles. The number of amides is 1. The summed E-state index contributed by atoms with van der Waals surface area (Å²) >= 11 is 6.80. The zero-order valence-corrected chi connectivity index (χ0v) is 14.3. The highest BCUT2D eigenvalue weighted by molar-refractivity contribution is 9.11. The van der Waals surface area contributed by atoms with Gasteiger partial charge in [0.15, 0.2) is 0 Å². The summed E-state index contributed by atoms with van der Waals surface area (Å²) < 4.78 is 1.71. The first kappa shape index (κ1) is 15.3. The lowest BCUT2D eigenvalue weighted by molar-refractivity contribution is 0.102. The van der Waals surface area contributed by atoms with Crippen molar-refractivity contribution in [1.82, 2.24) is 0 Å². The molecule has 0 aliphatic heterocycles. The number of carbonyl (C=O) groups excluding carboxylic acids is 1. The summed E-state index contributed by atoms with van der Waals surface area (Å²) in [5, 5.41) is 2.99. The van der Waals surface area contributed by atoms with Crippen molar-refractivity contribution in [2.75, 3.05) is 5.32 Å². The van der Waals surface area contributed by atoms with Gasteiger partial charge in [0.05, 0.1) is 5.56 Å². The number of benzene rings is 2. The molecule has 0 aliphatic rings. The van der Waals surface area contributed by atoms with Crippen LogP contribution in [0.5, 0.6) is 0 Å². The van der Waals surface area contributed by atoms with E-state index in [9.17, 15) is 4.79 Å². The molecule has 4 heteroatoms. The predicted molar refractivity (Wildman–Crippen MR) is 90.2 cm³/mol. The van der Waals surface area contributed by atoms with Gasteiger partial charge in [-0.05, 0) is 52.2 Å². The third-order valence-corrected chi connectivity index (χ3v) is 4.11. The molecule has 0 saturated carbocycles. The van der Waals surface area contributed by atoms with Crippen LogP contribution in [0.2, 0.25) is 0 Å². The van der Waals surface area contributed by atoms with E-state index in [0.717, 1.165) is 33.0 Å². The first-order valence-corrected chi connectivity index (χ1v) is 8.04. The van der Waals surface area contributed by atoms with Crippen molar-refractivity contribution < 1.29 is 4.79 Å². The zero-order valence-electron chi connectivity index (χ0n) is 11.1. The Morgan fingerprint density at radius 2 is 1.90 bits per heavy atom. The topological polar surface area (TPSA) is 29.1 Å². The SMILES string of the molecule is CCCc1ccccc1NC(=O)c1ccc(Br)cc1Br. The predicted octanol–water partition coefficient (Wildman–Crippen LogP) is 5.42. The molecule has 0 saturated heterocycles. The van der Waals surface area contributed by atoms with Gasteiger partial charge in [-0.2, -0.15) is 0 Å². The summed E-state index contributed by atoms with van der Waals surface area (Å²) in [6.45, 7) is 2.13. The third-order valence-electron chi connectivity index (χ3n) is 2.96. The smallest absolute Gasteiger partial charge is 0.256 e. The Labute approximate surface area is 135 Å². The Hall–Kier alpha value is -1.13. The molecule has 0 heterocycles. The van der Waals surface area contributed by atoms with E-state index in [1.807, 2.05) is 30.3 Å². The van der Waals surface area contributed by atoms with Gasteiger partial charge in [0.2, 0.25) is 0 Å². The fourth-order valence-corrected chi connectivity index (χ4v) is 3.22. The molecule has 20 heavy (non-hydrogen) atoms. The Kier molecular flexibility index (Phi) is 5.38. The molecule has 2 aromatic rings. The summed E-state index contributed by atoms with van der Waals surface area (Å²) in [4.78, 5) is 12.3. The van der Waals surface area contributed by atoms with Gasteiger partial charge >= 0.3 is 0 Å². The quantitative estimate of drug-likeness (QED) is 0.734. The Balaban J connectivity index is 2.23. The number of aryl methyl sites for hydroxylation is 1. The molecule has 2 nitrogen and oxygen atoms in total.